The summed E-state index contributed by atoms with van der Waals surface area (Å²) in [7, 11) is 0. The maximum absolute atomic E-state index is 13.2. The Bertz CT molecular complexity index is 1330. The van der Waals surface area contributed by atoms with E-state index >= 15 is 0 Å². The van der Waals surface area contributed by atoms with Crippen molar-refractivity contribution < 1.29 is 14.3 Å². The van der Waals surface area contributed by atoms with E-state index in [9.17, 15) is 4.79 Å². The molecule has 1 aliphatic rings. The van der Waals surface area contributed by atoms with Crippen molar-refractivity contribution in [2.45, 2.75) is 26.7 Å². The second-order valence-electron chi connectivity index (χ2n) is 8.55. The molecule has 3 aromatic carbocycles. The molecule has 0 atom stereocenters. The molecule has 4 nitrogen and oxygen atoms in total. The van der Waals surface area contributed by atoms with Crippen LogP contribution in [0.4, 0.5) is 5.69 Å². The van der Waals surface area contributed by atoms with Crippen LogP contribution in [0.25, 0.3) is 6.08 Å². The van der Waals surface area contributed by atoms with Gasteiger partial charge in [0, 0.05) is 10.6 Å². The van der Waals surface area contributed by atoms with Gasteiger partial charge in [0.15, 0.2) is 4.32 Å². The molecule has 4 rings (SSSR count). The van der Waals surface area contributed by atoms with E-state index in [0.29, 0.717) is 43.1 Å². The first-order valence-corrected chi connectivity index (χ1v) is 13.4. The number of ether oxygens (including phenoxy) is 2. The molecular weight excluding hydrogens is 533 g/mol. The smallest absolute Gasteiger partial charge is 0.270 e. The SMILES string of the molecule is Cc1ccc(C(C)C)c(OCCOc2c(Cl)cc(Cl)cc2C=C2SC(=S)N(c3ccccc3)C2=O)c1. The molecule has 0 saturated carbocycles. The minimum atomic E-state index is -0.206. The standard InChI is InChI=1S/C28H25Cl2NO3S2/c1-17(2)22-10-9-18(3)13-24(22)33-11-12-34-26-19(14-20(29)16-23(26)30)15-25-27(32)31(28(35)36-25)21-7-5-4-6-8-21/h4-10,13-17H,11-12H2,1-3H3. The van der Waals surface area contributed by atoms with E-state index in [1.54, 1.807) is 18.2 Å². The van der Waals surface area contributed by atoms with Crippen LogP contribution in [0.5, 0.6) is 11.5 Å². The average molecular weight is 559 g/mol. The molecule has 1 amide bonds. The summed E-state index contributed by atoms with van der Waals surface area (Å²) in [6.45, 7) is 6.90. The highest BCUT2D eigenvalue weighted by Crippen LogP contribution is 2.39. The van der Waals surface area contributed by atoms with Gasteiger partial charge >= 0.3 is 0 Å². The summed E-state index contributed by atoms with van der Waals surface area (Å²) in [5, 5.41) is 0.792. The number of nitrogens with zero attached hydrogens (tertiary/aromatic N) is 1. The minimum Gasteiger partial charge on any atom is -0.490 e. The van der Waals surface area contributed by atoms with Gasteiger partial charge in [0.2, 0.25) is 0 Å². The molecule has 8 heteroatoms. The first kappa shape index (κ1) is 26.6. The Kier molecular flexibility index (Phi) is 8.62. The predicted molar refractivity (Wildman–Crippen MR) is 155 cm³/mol. The first-order valence-electron chi connectivity index (χ1n) is 11.4. The number of halogens is 2. The van der Waals surface area contributed by atoms with Crippen LogP contribution in [0.2, 0.25) is 10.0 Å². The number of aryl methyl sites for hydroxylation is 1. The molecule has 36 heavy (non-hydrogen) atoms. The molecule has 0 radical (unpaired) electrons. The van der Waals surface area contributed by atoms with Crippen LogP contribution in [0.15, 0.2) is 65.6 Å². The molecule has 0 aromatic heterocycles. The summed E-state index contributed by atoms with van der Waals surface area (Å²) in [4.78, 5) is 15.1. The zero-order valence-electron chi connectivity index (χ0n) is 20.1. The van der Waals surface area contributed by atoms with Gasteiger partial charge in [-0.15, -0.1) is 0 Å². The van der Waals surface area contributed by atoms with E-state index < -0.39 is 0 Å². The quantitative estimate of drug-likeness (QED) is 0.158. The van der Waals surface area contributed by atoms with Gasteiger partial charge < -0.3 is 9.47 Å². The number of amides is 1. The normalized spacial score (nSPS) is 14.7. The molecule has 0 bridgehead atoms. The average Bonchev–Trinajstić information content (AvgIpc) is 3.10. The van der Waals surface area contributed by atoms with Crippen molar-refractivity contribution >= 4 is 69.2 Å². The molecule has 0 unspecified atom stereocenters. The highest BCUT2D eigenvalue weighted by Gasteiger charge is 2.33. The topological polar surface area (TPSA) is 38.8 Å². The van der Waals surface area contributed by atoms with Crippen LogP contribution >= 0.6 is 47.2 Å². The van der Waals surface area contributed by atoms with E-state index in [1.165, 1.54) is 16.7 Å². The van der Waals surface area contributed by atoms with E-state index in [1.807, 2.05) is 43.3 Å². The van der Waals surface area contributed by atoms with Gasteiger partial charge in [-0.3, -0.25) is 9.69 Å². The molecule has 186 valence electrons. The summed E-state index contributed by atoms with van der Waals surface area (Å²) >= 11 is 19.5. The van der Waals surface area contributed by atoms with Crippen LogP contribution in [-0.4, -0.2) is 23.4 Å². The fraction of sp³-hybridized carbons (Fsp3) is 0.214. The van der Waals surface area contributed by atoms with Gasteiger partial charge in [-0.05, 0) is 60.4 Å². The molecule has 0 N–H and O–H groups in total. The third kappa shape index (κ3) is 6.06. The number of carbonyl (C=O) groups is 1. The van der Waals surface area contributed by atoms with Gasteiger partial charge in [0.05, 0.1) is 15.6 Å². The first-order chi connectivity index (χ1) is 17.2. The van der Waals surface area contributed by atoms with Crippen LogP contribution in [0, 0.1) is 6.92 Å². The minimum absolute atomic E-state index is 0.206. The van der Waals surface area contributed by atoms with Crippen LogP contribution in [0.1, 0.15) is 36.5 Å². The molecule has 1 fully saturated rings. The maximum Gasteiger partial charge on any atom is 0.270 e. The Labute approximate surface area is 231 Å². The molecule has 1 heterocycles. The predicted octanol–water partition coefficient (Wildman–Crippen LogP) is 8.29. The largest absolute Gasteiger partial charge is 0.490 e. The van der Waals surface area contributed by atoms with Crippen LogP contribution in [-0.2, 0) is 4.79 Å². The van der Waals surface area contributed by atoms with E-state index in [0.717, 1.165) is 22.6 Å². The Morgan fingerprint density at radius 1 is 1.03 bits per heavy atom. The monoisotopic (exact) mass is 557 g/mol. The van der Waals surface area contributed by atoms with Crippen molar-refractivity contribution in [1.29, 1.82) is 0 Å². The van der Waals surface area contributed by atoms with E-state index in [4.69, 9.17) is 44.9 Å². The second-order valence-corrected chi connectivity index (χ2v) is 11.1. The Morgan fingerprint density at radius 2 is 1.75 bits per heavy atom. The lowest BCUT2D eigenvalue weighted by Crippen LogP contribution is -2.27. The molecule has 0 aliphatic carbocycles. The summed E-state index contributed by atoms with van der Waals surface area (Å²) in [6, 6.07) is 18.8. The molecule has 1 saturated heterocycles. The molecule has 1 aliphatic heterocycles. The second kappa shape index (κ2) is 11.7. The number of para-hydroxylation sites is 1. The Hall–Kier alpha value is -2.51. The number of thiocarbonyl (C=S) groups is 1. The van der Waals surface area contributed by atoms with Crippen molar-refractivity contribution in [3.8, 4) is 11.5 Å². The van der Waals surface area contributed by atoms with Gasteiger partial charge in [0.1, 0.15) is 24.7 Å². The van der Waals surface area contributed by atoms with Gasteiger partial charge in [-0.1, -0.05) is 91.4 Å². The van der Waals surface area contributed by atoms with Crippen molar-refractivity contribution in [3.63, 3.8) is 0 Å². The van der Waals surface area contributed by atoms with Crippen molar-refractivity contribution in [2.24, 2.45) is 0 Å². The Morgan fingerprint density at radius 3 is 2.47 bits per heavy atom. The van der Waals surface area contributed by atoms with Gasteiger partial charge in [-0.2, -0.15) is 0 Å². The Balaban J connectivity index is 1.52. The van der Waals surface area contributed by atoms with E-state index in [2.05, 4.69) is 26.0 Å². The zero-order valence-corrected chi connectivity index (χ0v) is 23.2. The zero-order chi connectivity index (χ0) is 25.8. The van der Waals surface area contributed by atoms with Crippen molar-refractivity contribution in [3.05, 3.63) is 92.3 Å². The number of hydrogen-bond donors (Lipinski definition) is 0. The maximum atomic E-state index is 13.2. The van der Waals surface area contributed by atoms with Crippen LogP contribution < -0.4 is 14.4 Å². The summed E-state index contributed by atoms with van der Waals surface area (Å²) in [5.41, 5.74) is 3.59. The number of thioether (sulfide) groups is 1. The van der Waals surface area contributed by atoms with Crippen molar-refractivity contribution in [2.75, 3.05) is 18.1 Å². The lowest BCUT2D eigenvalue weighted by molar-refractivity contribution is -0.113. The number of rotatable bonds is 8. The number of carbonyl (C=O) groups excluding carboxylic acids is 1. The molecule has 0 spiro atoms. The molecule has 3 aromatic rings. The van der Waals surface area contributed by atoms with Gasteiger partial charge in [0.25, 0.3) is 5.91 Å². The fourth-order valence-electron chi connectivity index (χ4n) is 3.79. The fourth-order valence-corrected chi connectivity index (χ4v) is 5.64. The summed E-state index contributed by atoms with van der Waals surface area (Å²) in [5.74, 6) is 1.42. The number of anilines is 1. The third-order valence-electron chi connectivity index (χ3n) is 5.51. The lowest BCUT2D eigenvalue weighted by Gasteiger charge is -2.16. The highest BCUT2D eigenvalue weighted by atomic mass is 35.5. The summed E-state index contributed by atoms with van der Waals surface area (Å²) in [6.07, 6.45) is 1.72. The number of benzene rings is 3. The van der Waals surface area contributed by atoms with Crippen molar-refractivity contribution in [1.82, 2.24) is 0 Å². The summed E-state index contributed by atoms with van der Waals surface area (Å²) < 4.78 is 12.5. The lowest BCUT2D eigenvalue weighted by atomic mass is 10.0. The highest BCUT2D eigenvalue weighted by molar-refractivity contribution is 8.27. The third-order valence-corrected chi connectivity index (χ3v) is 7.31. The number of hydrogen-bond acceptors (Lipinski definition) is 5. The van der Waals surface area contributed by atoms with Gasteiger partial charge in [-0.25, -0.2) is 0 Å². The molecular formula is C28H25Cl2NO3S2. The van der Waals surface area contributed by atoms with Crippen LogP contribution in [0.3, 0.4) is 0 Å². The van der Waals surface area contributed by atoms with E-state index in [-0.39, 0.29) is 12.5 Å².